The van der Waals surface area contributed by atoms with Gasteiger partial charge in [0.1, 0.15) is 10.8 Å². The van der Waals surface area contributed by atoms with Crippen LogP contribution in [0.15, 0.2) is 30.6 Å². The molecule has 2 aliphatic rings. The maximum Gasteiger partial charge on any atom is 0.407 e. The van der Waals surface area contributed by atoms with E-state index in [9.17, 15) is 9.90 Å². The van der Waals surface area contributed by atoms with E-state index in [1.54, 1.807) is 6.20 Å². The van der Waals surface area contributed by atoms with E-state index in [0.717, 1.165) is 74.4 Å². The number of nitrogens with one attached hydrogen (secondary N) is 1. The number of pyridine rings is 2. The SMILES string of the molecule is CC(C)(C)OC(=O)NC1CCN(Cc2ccc(-c3cnc(Cl)cc3N3CCC[C@H](O)C3)cn2)CC1. The summed E-state index contributed by atoms with van der Waals surface area (Å²) < 4.78 is 5.37. The van der Waals surface area contributed by atoms with Crippen LogP contribution in [0.1, 0.15) is 52.1 Å². The van der Waals surface area contributed by atoms with Gasteiger partial charge in [0.05, 0.1) is 11.8 Å². The Hall–Kier alpha value is -2.42. The predicted molar refractivity (Wildman–Crippen MR) is 138 cm³/mol. The van der Waals surface area contributed by atoms with Crippen molar-refractivity contribution in [3.63, 3.8) is 0 Å². The van der Waals surface area contributed by atoms with E-state index in [1.165, 1.54) is 0 Å². The summed E-state index contributed by atoms with van der Waals surface area (Å²) in [7, 11) is 0. The lowest BCUT2D eigenvalue weighted by molar-refractivity contribution is 0.0477. The van der Waals surface area contributed by atoms with Gasteiger partial charge in [-0.1, -0.05) is 17.7 Å². The van der Waals surface area contributed by atoms with Gasteiger partial charge in [-0.2, -0.15) is 0 Å². The number of hydrogen-bond donors (Lipinski definition) is 2. The first-order valence-corrected chi connectivity index (χ1v) is 12.8. The molecule has 2 fully saturated rings. The molecule has 2 aromatic heterocycles. The summed E-state index contributed by atoms with van der Waals surface area (Å²) in [6.07, 6.45) is 6.56. The van der Waals surface area contributed by atoms with Crippen LogP contribution < -0.4 is 10.2 Å². The maximum atomic E-state index is 12.0. The number of halogens is 1. The molecular weight excluding hydrogens is 466 g/mol. The molecule has 0 aromatic carbocycles. The quantitative estimate of drug-likeness (QED) is 0.592. The Bertz CT molecular complexity index is 1000. The summed E-state index contributed by atoms with van der Waals surface area (Å²) in [5.41, 5.74) is 3.45. The summed E-state index contributed by atoms with van der Waals surface area (Å²) in [6.45, 7) is 9.65. The summed E-state index contributed by atoms with van der Waals surface area (Å²) >= 11 is 6.21. The van der Waals surface area contributed by atoms with E-state index in [-0.39, 0.29) is 18.2 Å². The molecule has 0 bridgehead atoms. The monoisotopic (exact) mass is 501 g/mol. The largest absolute Gasteiger partial charge is 0.444 e. The van der Waals surface area contributed by atoms with Crippen LogP contribution in [-0.4, -0.2) is 70.0 Å². The third kappa shape index (κ3) is 7.29. The smallest absolute Gasteiger partial charge is 0.407 e. The lowest BCUT2D eigenvalue weighted by Crippen LogP contribution is -2.45. The number of aliphatic hydroxyl groups is 1. The topological polar surface area (TPSA) is 90.8 Å². The second kappa shape index (κ2) is 11.1. The molecule has 2 N–H and O–H groups in total. The number of amides is 1. The fourth-order valence-corrected chi connectivity index (χ4v) is 4.85. The van der Waals surface area contributed by atoms with E-state index in [0.29, 0.717) is 11.7 Å². The molecule has 2 aromatic rings. The number of aliphatic hydroxyl groups excluding tert-OH is 1. The van der Waals surface area contributed by atoms with Gasteiger partial charge in [-0.3, -0.25) is 9.88 Å². The Kier molecular flexibility index (Phi) is 8.14. The molecule has 0 radical (unpaired) electrons. The zero-order chi connectivity index (χ0) is 25.0. The number of anilines is 1. The molecule has 190 valence electrons. The standard InChI is InChI=1S/C26H36ClN5O3/c1-26(2,3)35-25(34)30-19-8-11-31(12-9-19)16-20-7-6-18(14-28-20)22-15-29-24(27)13-23(22)32-10-4-5-21(33)17-32/h6-7,13-15,19,21,33H,4-5,8-12,16-17H2,1-3H3,(H,30,34)/t21-/m0/s1. The Labute approximate surface area is 212 Å². The average Bonchev–Trinajstić information content (AvgIpc) is 2.80. The summed E-state index contributed by atoms with van der Waals surface area (Å²) in [5, 5.41) is 13.6. The number of ether oxygens (including phenoxy) is 1. The first kappa shape index (κ1) is 25.7. The van der Waals surface area contributed by atoms with Crippen LogP contribution in [0.4, 0.5) is 10.5 Å². The molecule has 2 saturated heterocycles. The van der Waals surface area contributed by atoms with Crippen molar-refractivity contribution >= 4 is 23.4 Å². The lowest BCUT2D eigenvalue weighted by atomic mass is 10.0. The van der Waals surface area contributed by atoms with E-state index in [4.69, 9.17) is 21.3 Å². The molecule has 1 atom stereocenters. The Morgan fingerprint density at radius 1 is 1.17 bits per heavy atom. The number of piperidine rings is 2. The lowest BCUT2D eigenvalue weighted by Gasteiger charge is -2.33. The first-order chi connectivity index (χ1) is 16.7. The molecule has 0 unspecified atom stereocenters. The normalized spacial score (nSPS) is 20.0. The van der Waals surface area contributed by atoms with Crippen molar-refractivity contribution in [1.29, 1.82) is 0 Å². The molecule has 2 aliphatic heterocycles. The van der Waals surface area contributed by atoms with E-state index >= 15 is 0 Å². The molecule has 1 amide bonds. The van der Waals surface area contributed by atoms with Crippen LogP contribution in [-0.2, 0) is 11.3 Å². The van der Waals surface area contributed by atoms with Gasteiger partial charge in [-0.05, 0) is 58.6 Å². The van der Waals surface area contributed by atoms with Gasteiger partial charge in [0.2, 0.25) is 0 Å². The molecule has 8 nitrogen and oxygen atoms in total. The van der Waals surface area contributed by atoms with Crippen molar-refractivity contribution in [3.05, 3.63) is 41.4 Å². The second-order valence-electron chi connectivity index (χ2n) is 10.5. The average molecular weight is 502 g/mol. The molecule has 0 saturated carbocycles. The Morgan fingerprint density at radius 2 is 1.94 bits per heavy atom. The van der Waals surface area contributed by atoms with E-state index in [1.807, 2.05) is 33.0 Å². The minimum atomic E-state index is -0.486. The zero-order valence-corrected chi connectivity index (χ0v) is 21.6. The molecule has 0 spiro atoms. The fourth-order valence-electron chi connectivity index (χ4n) is 4.69. The van der Waals surface area contributed by atoms with Crippen LogP contribution in [0.5, 0.6) is 0 Å². The van der Waals surface area contributed by atoms with Crippen molar-refractivity contribution < 1.29 is 14.6 Å². The number of aromatic nitrogens is 2. The first-order valence-electron chi connectivity index (χ1n) is 12.4. The number of nitrogens with zero attached hydrogens (tertiary/aromatic N) is 4. The van der Waals surface area contributed by atoms with Crippen molar-refractivity contribution in [2.75, 3.05) is 31.1 Å². The summed E-state index contributed by atoms with van der Waals surface area (Å²) in [4.78, 5) is 25.6. The number of likely N-dealkylation sites (tertiary alicyclic amines) is 1. The highest BCUT2D eigenvalue weighted by Crippen LogP contribution is 2.33. The van der Waals surface area contributed by atoms with Crippen molar-refractivity contribution in [2.45, 2.75) is 70.7 Å². The molecule has 4 rings (SSSR count). The summed E-state index contributed by atoms with van der Waals surface area (Å²) in [6, 6.07) is 6.15. The van der Waals surface area contributed by atoms with E-state index in [2.05, 4.69) is 32.2 Å². The van der Waals surface area contributed by atoms with Crippen molar-refractivity contribution in [3.8, 4) is 11.1 Å². The number of carbonyl (C=O) groups excluding carboxylic acids is 1. The van der Waals surface area contributed by atoms with Gasteiger partial charge in [0.25, 0.3) is 0 Å². The Morgan fingerprint density at radius 3 is 2.60 bits per heavy atom. The summed E-state index contributed by atoms with van der Waals surface area (Å²) in [5.74, 6) is 0. The van der Waals surface area contributed by atoms with Crippen LogP contribution in [0, 0.1) is 0 Å². The zero-order valence-electron chi connectivity index (χ0n) is 20.8. The van der Waals surface area contributed by atoms with Crippen LogP contribution in [0.25, 0.3) is 11.1 Å². The highest BCUT2D eigenvalue weighted by molar-refractivity contribution is 6.29. The Balaban J connectivity index is 1.35. The minimum Gasteiger partial charge on any atom is -0.444 e. The van der Waals surface area contributed by atoms with Gasteiger partial charge < -0.3 is 20.1 Å². The van der Waals surface area contributed by atoms with Crippen LogP contribution >= 0.6 is 11.6 Å². The highest BCUT2D eigenvalue weighted by atomic mass is 35.5. The maximum absolute atomic E-state index is 12.0. The van der Waals surface area contributed by atoms with Gasteiger partial charge in [-0.15, -0.1) is 0 Å². The van der Waals surface area contributed by atoms with Crippen LogP contribution in [0.3, 0.4) is 0 Å². The fraction of sp³-hybridized carbons (Fsp3) is 0.577. The predicted octanol–water partition coefficient (Wildman–Crippen LogP) is 4.25. The molecule has 4 heterocycles. The van der Waals surface area contributed by atoms with Crippen LogP contribution in [0.2, 0.25) is 5.15 Å². The molecular formula is C26H36ClN5O3. The van der Waals surface area contributed by atoms with Gasteiger partial charge in [0, 0.05) is 68.0 Å². The molecule has 9 heteroatoms. The van der Waals surface area contributed by atoms with Gasteiger partial charge in [-0.25, -0.2) is 9.78 Å². The van der Waals surface area contributed by atoms with Gasteiger partial charge in [0.15, 0.2) is 0 Å². The minimum absolute atomic E-state index is 0.139. The van der Waals surface area contributed by atoms with Gasteiger partial charge >= 0.3 is 6.09 Å². The third-order valence-electron chi connectivity index (χ3n) is 6.42. The van der Waals surface area contributed by atoms with Crippen molar-refractivity contribution in [1.82, 2.24) is 20.2 Å². The second-order valence-corrected chi connectivity index (χ2v) is 10.9. The molecule has 35 heavy (non-hydrogen) atoms. The third-order valence-corrected chi connectivity index (χ3v) is 6.62. The number of rotatable bonds is 5. The van der Waals surface area contributed by atoms with Crippen molar-refractivity contribution in [2.24, 2.45) is 0 Å². The number of carbonyl (C=O) groups is 1. The number of hydrogen-bond acceptors (Lipinski definition) is 7. The highest BCUT2D eigenvalue weighted by Gasteiger charge is 2.24. The number of β-amino-alcohol motifs (C(OH)–C–C–N with tert-alkyl or cyclic N) is 1. The molecule has 0 aliphatic carbocycles. The van der Waals surface area contributed by atoms with E-state index < -0.39 is 5.60 Å². The number of alkyl carbamates (subject to hydrolysis) is 1.